The smallest absolute Gasteiger partial charge is 0.240 e. The average Bonchev–Trinajstić information content (AvgIpc) is 2.55. The van der Waals surface area contributed by atoms with Crippen molar-refractivity contribution in [1.82, 2.24) is 10.2 Å². The Kier molecular flexibility index (Phi) is 4.98. The molecule has 1 heterocycles. The molecule has 0 aromatic heterocycles. The fourth-order valence-corrected chi connectivity index (χ4v) is 5.26. The Morgan fingerprint density at radius 2 is 1.88 bits per heavy atom. The van der Waals surface area contributed by atoms with E-state index in [0.29, 0.717) is 15.5 Å². The zero-order chi connectivity index (χ0) is 18.4. The Hall–Kier alpha value is -0.810. The van der Waals surface area contributed by atoms with Crippen LogP contribution in [0.25, 0.3) is 0 Å². The lowest BCUT2D eigenvalue weighted by atomic mass is 9.48. The van der Waals surface area contributed by atoms with E-state index in [4.69, 9.17) is 28.9 Å². The predicted octanol–water partition coefficient (Wildman–Crippen LogP) is 3.74. The number of rotatable bonds is 4. The van der Waals surface area contributed by atoms with Crippen LogP contribution in [0.1, 0.15) is 50.5 Å². The van der Waals surface area contributed by atoms with Crippen molar-refractivity contribution in [3.05, 3.63) is 33.8 Å². The molecule has 142 valence electrons. The van der Waals surface area contributed by atoms with Crippen molar-refractivity contribution in [2.24, 2.45) is 11.1 Å². The Balaban J connectivity index is 1.23. The molecule has 6 heteroatoms. The van der Waals surface area contributed by atoms with E-state index in [1.54, 1.807) is 0 Å². The van der Waals surface area contributed by atoms with Gasteiger partial charge in [-0.05, 0) is 61.6 Å². The van der Waals surface area contributed by atoms with Crippen molar-refractivity contribution in [3.63, 3.8) is 0 Å². The minimum Gasteiger partial charge on any atom is -0.352 e. The number of nitrogens with zero attached hydrogens (tertiary/aromatic N) is 1. The Morgan fingerprint density at radius 1 is 1.19 bits per heavy atom. The molecule has 0 bridgehead atoms. The lowest BCUT2D eigenvalue weighted by Crippen LogP contribution is -2.68. The fourth-order valence-electron chi connectivity index (χ4n) is 4.94. The number of amides is 1. The number of halogens is 2. The molecule has 1 aromatic carbocycles. The number of hydrogen-bond donors (Lipinski definition) is 2. The Morgan fingerprint density at radius 3 is 2.46 bits per heavy atom. The highest BCUT2D eigenvalue weighted by atomic mass is 35.5. The molecule has 4 rings (SSSR count). The highest BCUT2D eigenvalue weighted by molar-refractivity contribution is 6.42. The summed E-state index contributed by atoms with van der Waals surface area (Å²) < 4.78 is 0. The van der Waals surface area contributed by atoms with E-state index in [0.717, 1.165) is 45.3 Å². The minimum absolute atomic E-state index is 0.0676. The van der Waals surface area contributed by atoms with Crippen molar-refractivity contribution < 1.29 is 4.79 Å². The maximum Gasteiger partial charge on any atom is 0.240 e. The fraction of sp³-hybridized carbons (Fsp3) is 0.650. The van der Waals surface area contributed by atoms with Gasteiger partial charge < -0.3 is 11.1 Å². The van der Waals surface area contributed by atoms with E-state index in [2.05, 4.69) is 10.2 Å². The highest BCUT2D eigenvalue weighted by Gasteiger charge is 2.58. The van der Waals surface area contributed by atoms with Crippen molar-refractivity contribution in [2.75, 3.05) is 13.1 Å². The molecule has 1 aromatic rings. The number of benzene rings is 1. The first-order valence-electron chi connectivity index (χ1n) is 9.64. The van der Waals surface area contributed by atoms with Crippen LogP contribution in [0.5, 0.6) is 0 Å². The van der Waals surface area contributed by atoms with Crippen molar-refractivity contribution in [1.29, 1.82) is 0 Å². The van der Waals surface area contributed by atoms with Gasteiger partial charge in [-0.1, -0.05) is 35.7 Å². The first kappa shape index (κ1) is 18.5. The molecule has 4 nitrogen and oxygen atoms in total. The van der Waals surface area contributed by atoms with Crippen LogP contribution in [0, 0.1) is 5.41 Å². The number of carbonyl (C=O) groups is 1. The Labute approximate surface area is 165 Å². The van der Waals surface area contributed by atoms with Gasteiger partial charge in [0.05, 0.1) is 15.6 Å². The molecule has 1 amide bonds. The largest absolute Gasteiger partial charge is 0.352 e. The van der Waals surface area contributed by atoms with Crippen LogP contribution in [0.2, 0.25) is 10.0 Å². The van der Waals surface area contributed by atoms with E-state index in [1.807, 2.05) is 18.2 Å². The van der Waals surface area contributed by atoms with Gasteiger partial charge in [0.2, 0.25) is 5.91 Å². The highest BCUT2D eigenvalue weighted by Crippen LogP contribution is 2.59. The Bertz CT molecular complexity index is 688. The molecule has 3 N–H and O–H groups in total. The molecular formula is C20H27Cl2N3O. The van der Waals surface area contributed by atoms with Crippen molar-refractivity contribution >= 4 is 29.1 Å². The molecule has 3 aliphatic rings. The quantitative estimate of drug-likeness (QED) is 0.815. The normalized spacial score (nSPS) is 24.7. The maximum atomic E-state index is 12.6. The van der Waals surface area contributed by atoms with E-state index in [9.17, 15) is 4.79 Å². The molecular weight excluding hydrogens is 369 g/mol. The van der Waals surface area contributed by atoms with Gasteiger partial charge in [-0.2, -0.15) is 0 Å². The third-order valence-corrected chi connectivity index (χ3v) is 7.30. The summed E-state index contributed by atoms with van der Waals surface area (Å²) in [5.74, 6) is 0.0676. The van der Waals surface area contributed by atoms with Crippen LogP contribution < -0.4 is 11.1 Å². The second-order valence-corrected chi connectivity index (χ2v) is 9.45. The SMILES string of the molecule is NC1(C(=O)NC2CCN(Cc3ccc(Cl)c(Cl)c3)CC2)CC2(CCC2)C1. The van der Waals surface area contributed by atoms with Crippen LogP contribution in [-0.4, -0.2) is 35.5 Å². The van der Waals surface area contributed by atoms with Gasteiger partial charge in [0, 0.05) is 25.7 Å². The van der Waals surface area contributed by atoms with Crippen LogP contribution in [-0.2, 0) is 11.3 Å². The molecule has 3 fully saturated rings. The zero-order valence-electron chi connectivity index (χ0n) is 15.1. The summed E-state index contributed by atoms with van der Waals surface area (Å²) in [7, 11) is 0. The molecule has 1 aliphatic heterocycles. The topological polar surface area (TPSA) is 58.4 Å². The minimum atomic E-state index is -0.613. The zero-order valence-corrected chi connectivity index (χ0v) is 16.6. The summed E-state index contributed by atoms with van der Waals surface area (Å²) in [6, 6.07) is 6.04. The van der Waals surface area contributed by atoms with Gasteiger partial charge in [0.1, 0.15) is 0 Å². The third-order valence-electron chi connectivity index (χ3n) is 6.56. The standard InChI is InChI=1S/C20H27Cl2N3O/c21-16-3-2-14(10-17(16)22)11-25-8-4-15(5-9-25)24-18(26)20(23)12-19(13-20)6-1-7-19/h2-3,10,15H,1,4-9,11-13,23H2,(H,24,26). The molecule has 2 aliphatic carbocycles. The molecule has 0 unspecified atom stereocenters. The van der Waals surface area contributed by atoms with Crippen molar-refractivity contribution in [3.8, 4) is 0 Å². The van der Waals surface area contributed by atoms with Gasteiger partial charge in [0.15, 0.2) is 0 Å². The number of carbonyl (C=O) groups excluding carboxylic acids is 1. The monoisotopic (exact) mass is 395 g/mol. The van der Waals surface area contributed by atoms with Crippen LogP contribution in [0.15, 0.2) is 18.2 Å². The van der Waals surface area contributed by atoms with Crippen molar-refractivity contribution in [2.45, 2.75) is 63.1 Å². The lowest BCUT2D eigenvalue weighted by molar-refractivity contribution is -0.141. The summed E-state index contributed by atoms with van der Waals surface area (Å²) >= 11 is 12.1. The van der Waals surface area contributed by atoms with Crippen LogP contribution in [0.3, 0.4) is 0 Å². The molecule has 1 spiro atoms. The summed E-state index contributed by atoms with van der Waals surface area (Å²) in [6.45, 7) is 2.79. The number of likely N-dealkylation sites (tertiary alicyclic amines) is 1. The van der Waals surface area contributed by atoms with Gasteiger partial charge in [-0.15, -0.1) is 0 Å². The summed E-state index contributed by atoms with van der Waals surface area (Å²) in [6.07, 6.45) is 7.50. The first-order chi connectivity index (χ1) is 12.4. The van der Waals surface area contributed by atoms with Crippen LogP contribution >= 0.6 is 23.2 Å². The van der Waals surface area contributed by atoms with Gasteiger partial charge in [0.25, 0.3) is 0 Å². The first-order valence-corrected chi connectivity index (χ1v) is 10.4. The van der Waals surface area contributed by atoms with Gasteiger partial charge in [-0.25, -0.2) is 0 Å². The summed E-state index contributed by atoms with van der Waals surface area (Å²) in [5, 5.41) is 4.41. The lowest BCUT2D eigenvalue weighted by Gasteiger charge is -2.58. The van der Waals surface area contributed by atoms with Gasteiger partial charge >= 0.3 is 0 Å². The summed E-state index contributed by atoms with van der Waals surface area (Å²) in [5.41, 5.74) is 7.33. The molecule has 0 atom stereocenters. The number of piperidine rings is 1. The van der Waals surface area contributed by atoms with Crippen LogP contribution in [0.4, 0.5) is 0 Å². The third kappa shape index (κ3) is 3.62. The number of hydrogen-bond acceptors (Lipinski definition) is 3. The van der Waals surface area contributed by atoms with E-state index in [-0.39, 0.29) is 11.9 Å². The summed E-state index contributed by atoms with van der Waals surface area (Å²) in [4.78, 5) is 15.0. The second-order valence-electron chi connectivity index (χ2n) is 8.64. The number of nitrogens with two attached hydrogens (primary N) is 1. The average molecular weight is 396 g/mol. The molecule has 26 heavy (non-hydrogen) atoms. The van der Waals surface area contributed by atoms with E-state index in [1.165, 1.54) is 24.8 Å². The predicted molar refractivity (Wildman–Crippen MR) is 105 cm³/mol. The second kappa shape index (κ2) is 6.97. The molecule has 1 saturated heterocycles. The van der Waals surface area contributed by atoms with E-state index < -0.39 is 5.54 Å². The molecule has 2 saturated carbocycles. The van der Waals surface area contributed by atoms with Gasteiger partial charge in [-0.3, -0.25) is 9.69 Å². The number of nitrogens with one attached hydrogen (secondary N) is 1. The molecule has 0 radical (unpaired) electrons. The van der Waals surface area contributed by atoms with E-state index >= 15 is 0 Å². The maximum absolute atomic E-state index is 12.6.